The van der Waals surface area contributed by atoms with E-state index < -0.39 is 0 Å². The molecule has 5 rings (SSSR count). The normalized spacial score (nSPS) is 21.3. The van der Waals surface area contributed by atoms with Gasteiger partial charge in [0.05, 0.1) is 36.2 Å². The first-order chi connectivity index (χ1) is 15.1. The van der Waals surface area contributed by atoms with Gasteiger partial charge in [-0.2, -0.15) is 5.10 Å². The zero-order valence-electron chi connectivity index (χ0n) is 18.0. The van der Waals surface area contributed by atoms with Gasteiger partial charge in [-0.25, -0.2) is 0 Å². The first-order valence-corrected chi connectivity index (χ1v) is 11.3. The number of aromatic nitrogens is 3. The van der Waals surface area contributed by atoms with Crippen LogP contribution >= 0.6 is 0 Å². The molecule has 1 unspecified atom stereocenters. The Morgan fingerprint density at radius 1 is 1.03 bits per heavy atom. The van der Waals surface area contributed by atoms with Gasteiger partial charge < -0.3 is 14.5 Å². The molecule has 0 N–H and O–H groups in total. The fourth-order valence-corrected chi connectivity index (χ4v) is 5.08. The number of hydrogen-bond acceptors (Lipinski definition) is 5. The Kier molecular flexibility index (Phi) is 5.48. The summed E-state index contributed by atoms with van der Waals surface area (Å²) in [6, 6.07) is 3.68. The van der Waals surface area contributed by atoms with Crippen LogP contribution in [-0.2, 0) is 24.6 Å². The molecule has 0 spiro atoms. The summed E-state index contributed by atoms with van der Waals surface area (Å²) in [6.45, 7) is 3.10. The van der Waals surface area contributed by atoms with Crippen LogP contribution in [0.1, 0.15) is 69.5 Å². The third-order valence-corrected chi connectivity index (χ3v) is 6.71. The van der Waals surface area contributed by atoms with Crippen molar-refractivity contribution >= 4 is 11.8 Å². The predicted molar refractivity (Wildman–Crippen MR) is 114 cm³/mol. The van der Waals surface area contributed by atoms with Gasteiger partial charge >= 0.3 is 0 Å². The summed E-state index contributed by atoms with van der Waals surface area (Å²) in [5, 5.41) is 4.62. The summed E-state index contributed by atoms with van der Waals surface area (Å²) in [6.07, 6.45) is 7.63. The van der Waals surface area contributed by atoms with E-state index in [-0.39, 0.29) is 17.9 Å². The van der Waals surface area contributed by atoms with Gasteiger partial charge in [0.2, 0.25) is 0 Å². The number of pyridine rings is 1. The molecule has 2 aliphatic heterocycles. The van der Waals surface area contributed by atoms with Crippen LogP contribution in [0.2, 0.25) is 0 Å². The van der Waals surface area contributed by atoms with Gasteiger partial charge in [0.15, 0.2) is 0 Å². The second-order valence-corrected chi connectivity index (χ2v) is 8.64. The van der Waals surface area contributed by atoms with Crippen molar-refractivity contribution in [2.24, 2.45) is 7.05 Å². The van der Waals surface area contributed by atoms with Crippen LogP contribution in [0.15, 0.2) is 18.3 Å². The molecule has 0 saturated carbocycles. The van der Waals surface area contributed by atoms with Crippen LogP contribution in [0.4, 0.5) is 0 Å². The average Bonchev–Trinajstić information content (AvgIpc) is 3.43. The Balaban J connectivity index is 1.35. The van der Waals surface area contributed by atoms with Crippen LogP contribution < -0.4 is 0 Å². The van der Waals surface area contributed by atoms with Gasteiger partial charge in [-0.15, -0.1) is 0 Å². The number of aryl methyl sites for hydroxylation is 2. The van der Waals surface area contributed by atoms with E-state index in [0.29, 0.717) is 31.9 Å². The highest BCUT2D eigenvalue weighted by Crippen LogP contribution is 2.34. The molecule has 2 saturated heterocycles. The maximum atomic E-state index is 13.5. The predicted octanol–water partition coefficient (Wildman–Crippen LogP) is 2.14. The lowest BCUT2D eigenvalue weighted by atomic mass is 9.95. The van der Waals surface area contributed by atoms with E-state index in [1.807, 2.05) is 24.1 Å². The van der Waals surface area contributed by atoms with E-state index in [0.717, 1.165) is 67.7 Å². The van der Waals surface area contributed by atoms with Crippen molar-refractivity contribution in [3.8, 4) is 0 Å². The fraction of sp³-hybridized carbons (Fsp3) is 0.565. The van der Waals surface area contributed by atoms with Crippen LogP contribution in [0.25, 0.3) is 0 Å². The number of likely N-dealkylation sites (tertiary alicyclic amines) is 1. The van der Waals surface area contributed by atoms with Crippen molar-refractivity contribution < 1.29 is 14.3 Å². The van der Waals surface area contributed by atoms with E-state index in [2.05, 4.69) is 10.1 Å². The van der Waals surface area contributed by atoms with E-state index in [1.165, 1.54) is 0 Å². The van der Waals surface area contributed by atoms with Crippen LogP contribution in [0.5, 0.6) is 0 Å². The molecule has 0 radical (unpaired) electrons. The van der Waals surface area contributed by atoms with Crippen molar-refractivity contribution in [2.75, 3.05) is 32.8 Å². The van der Waals surface area contributed by atoms with Gasteiger partial charge in [-0.1, -0.05) is 0 Å². The summed E-state index contributed by atoms with van der Waals surface area (Å²) in [4.78, 5) is 34.6. The second kappa shape index (κ2) is 8.42. The van der Waals surface area contributed by atoms with Crippen molar-refractivity contribution in [3.05, 3.63) is 46.5 Å². The van der Waals surface area contributed by atoms with Crippen LogP contribution in [0, 0.1) is 0 Å². The lowest BCUT2D eigenvalue weighted by Gasteiger charge is -2.27. The number of amides is 2. The third kappa shape index (κ3) is 3.73. The number of rotatable bonds is 3. The first-order valence-electron chi connectivity index (χ1n) is 11.3. The lowest BCUT2D eigenvalue weighted by molar-refractivity contribution is 0.0302. The fourth-order valence-electron chi connectivity index (χ4n) is 5.08. The third-order valence-electron chi connectivity index (χ3n) is 6.71. The smallest absolute Gasteiger partial charge is 0.272 e. The van der Waals surface area contributed by atoms with Crippen LogP contribution in [0.3, 0.4) is 0 Å². The largest absolute Gasteiger partial charge is 0.378 e. The SMILES string of the molecule is Cn1nc2c(c1C(=O)N1CCCC1c1ccc(C(=O)N3CCOCC3)cn1)CCCC2. The molecule has 8 heteroatoms. The quantitative estimate of drug-likeness (QED) is 0.756. The number of carbonyl (C=O) groups is 2. The molecule has 2 aromatic rings. The number of fused-ring (bicyclic) bond motifs is 1. The van der Waals surface area contributed by atoms with Crippen molar-refractivity contribution in [1.29, 1.82) is 0 Å². The average molecular weight is 424 g/mol. The van der Waals surface area contributed by atoms with Crippen molar-refractivity contribution in [1.82, 2.24) is 24.6 Å². The Bertz CT molecular complexity index is 978. The molecule has 31 heavy (non-hydrogen) atoms. The first kappa shape index (κ1) is 20.2. The number of nitrogens with zero attached hydrogens (tertiary/aromatic N) is 5. The molecule has 8 nitrogen and oxygen atoms in total. The Morgan fingerprint density at radius 2 is 1.84 bits per heavy atom. The summed E-state index contributed by atoms with van der Waals surface area (Å²) in [5.74, 6) is 0.0409. The molecule has 2 amide bonds. The summed E-state index contributed by atoms with van der Waals surface area (Å²) < 4.78 is 7.10. The molecule has 164 valence electrons. The van der Waals surface area contributed by atoms with Gasteiger partial charge in [0.1, 0.15) is 5.69 Å². The standard InChI is InChI=1S/C23H29N5O3/c1-26-21(17-5-2-3-6-18(17)25-26)23(30)28-10-4-7-20(28)19-9-8-16(15-24-19)22(29)27-11-13-31-14-12-27/h8-9,15,20H,2-7,10-14H2,1H3. The Morgan fingerprint density at radius 3 is 2.61 bits per heavy atom. The zero-order valence-corrected chi connectivity index (χ0v) is 18.0. The van der Waals surface area contributed by atoms with Gasteiger partial charge in [0, 0.05) is 38.4 Å². The molecule has 3 aliphatic rings. The molecule has 4 heterocycles. The highest BCUT2D eigenvalue weighted by Gasteiger charge is 2.35. The van der Waals surface area contributed by atoms with Crippen LogP contribution in [-0.4, -0.2) is 69.2 Å². The molecule has 0 bridgehead atoms. The van der Waals surface area contributed by atoms with Crippen molar-refractivity contribution in [3.63, 3.8) is 0 Å². The highest BCUT2D eigenvalue weighted by atomic mass is 16.5. The zero-order chi connectivity index (χ0) is 21.4. The monoisotopic (exact) mass is 423 g/mol. The van der Waals surface area contributed by atoms with Gasteiger partial charge in [0.25, 0.3) is 11.8 Å². The molecular weight excluding hydrogens is 394 g/mol. The molecule has 1 aliphatic carbocycles. The van der Waals surface area contributed by atoms with E-state index >= 15 is 0 Å². The van der Waals surface area contributed by atoms with Crippen molar-refractivity contribution in [2.45, 2.75) is 44.6 Å². The number of morpholine rings is 1. The minimum Gasteiger partial charge on any atom is -0.378 e. The topological polar surface area (TPSA) is 80.6 Å². The number of hydrogen-bond donors (Lipinski definition) is 0. The number of carbonyl (C=O) groups excluding carboxylic acids is 2. The summed E-state index contributed by atoms with van der Waals surface area (Å²) in [5.41, 5.74) is 4.38. The minimum atomic E-state index is -0.0609. The summed E-state index contributed by atoms with van der Waals surface area (Å²) in [7, 11) is 1.88. The minimum absolute atomic E-state index is 0.0109. The maximum Gasteiger partial charge on any atom is 0.272 e. The summed E-state index contributed by atoms with van der Waals surface area (Å²) >= 11 is 0. The molecule has 2 aromatic heterocycles. The maximum absolute atomic E-state index is 13.5. The molecule has 0 aromatic carbocycles. The highest BCUT2D eigenvalue weighted by molar-refractivity contribution is 5.95. The van der Waals surface area contributed by atoms with Gasteiger partial charge in [-0.05, 0) is 50.7 Å². The Hall–Kier alpha value is -2.74. The second-order valence-electron chi connectivity index (χ2n) is 8.64. The number of ether oxygens (including phenoxy) is 1. The molecule has 2 fully saturated rings. The molecule has 1 atom stereocenters. The Labute approximate surface area is 182 Å². The van der Waals surface area contributed by atoms with E-state index in [9.17, 15) is 9.59 Å². The van der Waals surface area contributed by atoms with E-state index in [1.54, 1.807) is 15.8 Å². The van der Waals surface area contributed by atoms with Gasteiger partial charge in [-0.3, -0.25) is 19.3 Å². The lowest BCUT2D eigenvalue weighted by Crippen LogP contribution is -2.40. The van der Waals surface area contributed by atoms with E-state index in [4.69, 9.17) is 4.74 Å². The molecular formula is C23H29N5O3.